The Morgan fingerprint density at radius 3 is 2.74 bits per heavy atom. The third kappa shape index (κ3) is 3.32. The number of aliphatic hydroxyl groups excluding tert-OH is 1. The van der Waals surface area contributed by atoms with Crippen LogP contribution in [0.1, 0.15) is 50.5 Å². The quantitative estimate of drug-likeness (QED) is 0.861. The third-order valence-electron chi connectivity index (χ3n) is 3.69. The van der Waals surface area contributed by atoms with E-state index in [0.717, 1.165) is 30.5 Å². The number of aliphatic hydroxyl groups is 1. The summed E-state index contributed by atoms with van der Waals surface area (Å²) in [7, 11) is 0. The molecule has 0 fully saturated rings. The maximum absolute atomic E-state index is 10.3. The monoisotopic (exact) mass is 257 g/mol. The molecule has 102 valence electrons. The molecule has 0 aliphatic rings. The number of benzene rings is 1. The van der Waals surface area contributed by atoms with Crippen molar-refractivity contribution in [2.75, 3.05) is 0 Å². The molecule has 2 atom stereocenters. The highest BCUT2D eigenvalue weighted by atomic mass is 16.3. The van der Waals surface area contributed by atoms with Crippen molar-refractivity contribution in [3.8, 4) is 0 Å². The van der Waals surface area contributed by atoms with Crippen LogP contribution in [0.2, 0.25) is 0 Å². The Labute approximate surface area is 115 Å². The van der Waals surface area contributed by atoms with E-state index in [1.54, 1.807) is 0 Å². The van der Waals surface area contributed by atoms with Gasteiger partial charge in [0.25, 0.3) is 0 Å². The van der Waals surface area contributed by atoms with Gasteiger partial charge < -0.3 is 5.11 Å². The van der Waals surface area contributed by atoms with Gasteiger partial charge in [0.2, 0.25) is 0 Å². The largest absolute Gasteiger partial charge is 0.387 e. The van der Waals surface area contributed by atoms with E-state index in [0.29, 0.717) is 5.92 Å². The van der Waals surface area contributed by atoms with Crippen molar-refractivity contribution in [3.05, 3.63) is 41.6 Å². The summed E-state index contributed by atoms with van der Waals surface area (Å²) < 4.78 is 0. The summed E-state index contributed by atoms with van der Waals surface area (Å²) in [5.74, 6) is 0.536. The first-order chi connectivity index (χ1) is 9.11. The van der Waals surface area contributed by atoms with Gasteiger partial charge in [0, 0.05) is 5.39 Å². The molecule has 2 nitrogen and oxygen atoms in total. The molecule has 0 amide bonds. The smallest absolute Gasteiger partial charge is 0.0962 e. The van der Waals surface area contributed by atoms with Gasteiger partial charge in [0.1, 0.15) is 0 Å². The summed E-state index contributed by atoms with van der Waals surface area (Å²) in [6.45, 7) is 6.46. The van der Waals surface area contributed by atoms with Crippen molar-refractivity contribution in [1.29, 1.82) is 0 Å². The predicted octanol–water partition coefficient (Wildman–Crippen LogP) is 4.40. The molecule has 2 aromatic rings. The molecule has 0 bridgehead atoms. The molecule has 1 N–H and O–H groups in total. The van der Waals surface area contributed by atoms with Crippen LogP contribution >= 0.6 is 0 Å². The summed E-state index contributed by atoms with van der Waals surface area (Å²) in [5.41, 5.74) is 2.96. The number of rotatable bonds is 5. The van der Waals surface area contributed by atoms with Gasteiger partial charge in [-0.05, 0) is 37.0 Å². The van der Waals surface area contributed by atoms with Gasteiger partial charge in [-0.2, -0.15) is 0 Å². The summed E-state index contributed by atoms with van der Waals surface area (Å²) in [4.78, 5) is 4.60. The van der Waals surface area contributed by atoms with Crippen LogP contribution in [-0.4, -0.2) is 10.1 Å². The van der Waals surface area contributed by atoms with E-state index < -0.39 is 6.10 Å². The Kier molecular flexibility index (Phi) is 4.54. The molecule has 2 rings (SSSR count). The van der Waals surface area contributed by atoms with Crippen molar-refractivity contribution in [2.45, 2.75) is 46.1 Å². The number of nitrogens with zero attached hydrogens (tertiary/aromatic N) is 1. The molecule has 0 aliphatic heterocycles. The molecule has 0 radical (unpaired) electrons. The first kappa shape index (κ1) is 14.0. The van der Waals surface area contributed by atoms with Crippen molar-refractivity contribution in [2.24, 2.45) is 5.92 Å². The van der Waals surface area contributed by atoms with Gasteiger partial charge in [-0.1, -0.05) is 44.9 Å². The van der Waals surface area contributed by atoms with Crippen molar-refractivity contribution < 1.29 is 5.11 Å². The highest BCUT2D eigenvalue weighted by Crippen LogP contribution is 2.26. The van der Waals surface area contributed by atoms with Crippen molar-refractivity contribution in [1.82, 2.24) is 4.98 Å². The second kappa shape index (κ2) is 6.16. The van der Waals surface area contributed by atoms with Crippen LogP contribution < -0.4 is 0 Å². The average molecular weight is 257 g/mol. The summed E-state index contributed by atoms with van der Waals surface area (Å²) in [6, 6.07) is 10.1. The van der Waals surface area contributed by atoms with Crippen LogP contribution in [0.15, 0.2) is 30.3 Å². The summed E-state index contributed by atoms with van der Waals surface area (Å²) in [5, 5.41) is 11.5. The lowest BCUT2D eigenvalue weighted by Crippen LogP contribution is -2.07. The molecule has 1 aromatic carbocycles. The third-order valence-corrected chi connectivity index (χ3v) is 3.69. The number of fused-ring (bicyclic) bond motifs is 1. The van der Waals surface area contributed by atoms with Crippen LogP contribution in [0.4, 0.5) is 0 Å². The van der Waals surface area contributed by atoms with E-state index >= 15 is 0 Å². The molecule has 0 saturated carbocycles. The number of para-hydroxylation sites is 1. The Morgan fingerprint density at radius 1 is 1.26 bits per heavy atom. The summed E-state index contributed by atoms with van der Waals surface area (Å²) in [6.07, 6.45) is 2.66. The first-order valence-electron chi connectivity index (χ1n) is 7.16. The van der Waals surface area contributed by atoms with Crippen LogP contribution in [0.25, 0.3) is 10.9 Å². The van der Waals surface area contributed by atoms with Crippen LogP contribution in [0, 0.1) is 12.8 Å². The van der Waals surface area contributed by atoms with E-state index in [-0.39, 0.29) is 0 Å². The number of aromatic nitrogens is 1. The molecule has 2 unspecified atom stereocenters. The molecular formula is C17H23NO. The van der Waals surface area contributed by atoms with Crippen molar-refractivity contribution in [3.63, 3.8) is 0 Å². The minimum absolute atomic E-state index is 0.454. The molecule has 0 spiro atoms. The zero-order valence-electron chi connectivity index (χ0n) is 12.1. The molecule has 1 heterocycles. The molecule has 1 aromatic heterocycles. The van der Waals surface area contributed by atoms with E-state index in [9.17, 15) is 5.11 Å². The van der Waals surface area contributed by atoms with Gasteiger partial charge in [-0.25, -0.2) is 0 Å². The number of pyridine rings is 1. The fourth-order valence-corrected chi connectivity index (χ4v) is 2.66. The van der Waals surface area contributed by atoms with Gasteiger partial charge in [0.05, 0.1) is 17.3 Å². The Balaban J connectivity index is 2.25. The maximum Gasteiger partial charge on any atom is 0.0962 e. The number of aryl methyl sites for hydroxylation is 1. The van der Waals surface area contributed by atoms with Crippen LogP contribution in [0.5, 0.6) is 0 Å². The van der Waals surface area contributed by atoms with E-state index in [1.165, 1.54) is 10.9 Å². The SMILES string of the molecule is CCCC(C)CC(O)c1cc(C)c2ccccc2n1. The highest BCUT2D eigenvalue weighted by molar-refractivity contribution is 5.82. The fraction of sp³-hybridized carbons (Fsp3) is 0.471. The van der Waals surface area contributed by atoms with Crippen LogP contribution in [-0.2, 0) is 0 Å². The lowest BCUT2D eigenvalue weighted by atomic mass is 9.96. The highest BCUT2D eigenvalue weighted by Gasteiger charge is 2.14. The lowest BCUT2D eigenvalue weighted by Gasteiger charge is -2.16. The van der Waals surface area contributed by atoms with Gasteiger partial charge in [0.15, 0.2) is 0 Å². The average Bonchev–Trinajstić information content (AvgIpc) is 2.39. The molecule has 0 aliphatic carbocycles. The number of hydrogen-bond donors (Lipinski definition) is 1. The Hall–Kier alpha value is -1.41. The van der Waals surface area contributed by atoms with E-state index in [1.807, 2.05) is 24.3 Å². The van der Waals surface area contributed by atoms with Crippen molar-refractivity contribution >= 4 is 10.9 Å². The predicted molar refractivity (Wildman–Crippen MR) is 80.1 cm³/mol. The number of hydrogen-bond acceptors (Lipinski definition) is 2. The van der Waals surface area contributed by atoms with Gasteiger partial charge in [-0.3, -0.25) is 4.98 Å². The normalized spacial score (nSPS) is 14.5. The van der Waals surface area contributed by atoms with Crippen LogP contribution in [0.3, 0.4) is 0 Å². The Morgan fingerprint density at radius 2 is 2.00 bits per heavy atom. The maximum atomic E-state index is 10.3. The lowest BCUT2D eigenvalue weighted by molar-refractivity contribution is 0.141. The second-order valence-electron chi connectivity index (χ2n) is 5.53. The molecule has 2 heteroatoms. The van der Waals surface area contributed by atoms with E-state index in [4.69, 9.17) is 0 Å². The minimum Gasteiger partial charge on any atom is -0.387 e. The van der Waals surface area contributed by atoms with Gasteiger partial charge >= 0.3 is 0 Å². The first-order valence-corrected chi connectivity index (χ1v) is 7.16. The standard InChI is InChI=1S/C17H23NO/c1-4-7-12(2)10-17(19)16-11-13(3)14-8-5-6-9-15(14)18-16/h5-6,8-9,11-12,17,19H,4,7,10H2,1-3H3. The summed E-state index contributed by atoms with van der Waals surface area (Å²) >= 11 is 0. The molecule has 19 heavy (non-hydrogen) atoms. The molecule has 0 saturated heterocycles. The Bertz CT molecular complexity index is 550. The zero-order chi connectivity index (χ0) is 13.8. The topological polar surface area (TPSA) is 33.1 Å². The van der Waals surface area contributed by atoms with Gasteiger partial charge in [-0.15, -0.1) is 0 Å². The second-order valence-corrected chi connectivity index (χ2v) is 5.53. The zero-order valence-corrected chi connectivity index (χ0v) is 12.1. The minimum atomic E-state index is -0.454. The van der Waals surface area contributed by atoms with E-state index in [2.05, 4.69) is 31.8 Å². The molecular weight excluding hydrogens is 234 g/mol. The fourth-order valence-electron chi connectivity index (χ4n) is 2.66.